The van der Waals surface area contributed by atoms with Gasteiger partial charge in [-0.3, -0.25) is 9.79 Å². The molecule has 2 atom stereocenters. The molecule has 2 saturated carbocycles. The van der Waals surface area contributed by atoms with E-state index in [-0.39, 0.29) is 23.4 Å². The van der Waals surface area contributed by atoms with E-state index in [9.17, 15) is 4.79 Å². The van der Waals surface area contributed by atoms with Crippen LogP contribution < -0.4 is 5.32 Å². The van der Waals surface area contributed by atoms with Crippen molar-refractivity contribution >= 4 is 12.1 Å². The number of rotatable bonds is 6. The van der Waals surface area contributed by atoms with E-state index in [1.165, 1.54) is 19.3 Å². The fourth-order valence-corrected chi connectivity index (χ4v) is 4.34. The van der Waals surface area contributed by atoms with Crippen LogP contribution in [0.4, 0.5) is 0 Å². The number of nitrogens with zero attached hydrogens (tertiary/aromatic N) is 4. The second kappa shape index (κ2) is 7.47. The number of nitrogens with one attached hydrogen (secondary N) is 1. The number of hydrogen-bond acceptors (Lipinski definition) is 5. The second-order valence-electron chi connectivity index (χ2n) is 8.02. The molecule has 1 amide bonds. The van der Waals surface area contributed by atoms with Crippen molar-refractivity contribution in [3.05, 3.63) is 11.9 Å². The molecule has 142 valence electrons. The van der Waals surface area contributed by atoms with Crippen molar-refractivity contribution in [1.82, 2.24) is 20.3 Å². The molecule has 0 spiro atoms. The molecule has 1 saturated heterocycles. The highest BCUT2D eigenvalue weighted by Gasteiger charge is 2.45. The molecule has 1 aromatic heterocycles. The quantitative estimate of drug-likeness (QED) is 0.790. The van der Waals surface area contributed by atoms with E-state index >= 15 is 0 Å². The van der Waals surface area contributed by atoms with E-state index in [1.54, 1.807) is 7.05 Å². The molecule has 2 aliphatic carbocycles. The molecule has 2 unspecified atom stereocenters. The van der Waals surface area contributed by atoms with Gasteiger partial charge >= 0.3 is 0 Å². The second-order valence-corrected chi connectivity index (χ2v) is 8.02. The molecule has 3 aliphatic rings. The molecular formula is C19H29N5O2. The SMILES string of the molecule is CN=CC1(n2cc(C(NC(=O)C3CCOC3)C3CCCCC3)nn2)CC1. The molecule has 4 rings (SSSR count). The molecule has 3 fully saturated rings. The molecular weight excluding hydrogens is 330 g/mol. The monoisotopic (exact) mass is 359 g/mol. The summed E-state index contributed by atoms with van der Waals surface area (Å²) >= 11 is 0. The van der Waals surface area contributed by atoms with Crippen LogP contribution in [0.5, 0.6) is 0 Å². The molecule has 1 aromatic rings. The van der Waals surface area contributed by atoms with E-state index in [0.717, 1.165) is 37.8 Å². The van der Waals surface area contributed by atoms with E-state index < -0.39 is 0 Å². The molecule has 0 radical (unpaired) electrons. The van der Waals surface area contributed by atoms with Gasteiger partial charge in [-0.15, -0.1) is 5.10 Å². The van der Waals surface area contributed by atoms with Crippen molar-refractivity contribution in [3.63, 3.8) is 0 Å². The summed E-state index contributed by atoms with van der Waals surface area (Å²) < 4.78 is 7.33. The van der Waals surface area contributed by atoms with Gasteiger partial charge in [-0.05, 0) is 38.0 Å². The summed E-state index contributed by atoms with van der Waals surface area (Å²) in [6.45, 7) is 1.22. The van der Waals surface area contributed by atoms with Crippen LogP contribution in [0.15, 0.2) is 11.2 Å². The summed E-state index contributed by atoms with van der Waals surface area (Å²) in [5.74, 6) is 0.511. The maximum absolute atomic E-state index is 12.7. The highest BCUT2D eigenvalue weighted by molar-refractivity contribution is 5.79. The fraction of sp³-hybridized carbons (Fsp3) is 0.789. The molecule has 0 aromatic carbocycles. The Kier molecular flexibility index (Phi) is 5.07. The van der Waals surface area contributed by atoms with Crippen molar-refractivity contribution in [2.45, 2.75) is 62.9 Å². The maximum atomic E-state index is 12.7. The van der Waals surface area contributed by atoms with Gasteiger partial charge in [-0.1, -0.05) is 24.5 Å². The minimum absolute atomic E-state index is 0.0295. The molecule has 2 heterocycles. The van der Waals surface area contributed by atoms with Crippen LogP contribution in [0.3, 0.4) is 0 Å². The van der Waals surface area contributed by atoms with Gasteiger partial charge in [0.25, 0.3) is 0 Å². The normalized spacial score (nSPS) is 26.9. The number of hydrogen-bond donors (Lipinski definition) is 1. The van der Waals surface area contributed by atoms with E-state index in [0.29, 0.717) is 19.1 Å². The minimum Gasteiger partial charge on any atom is -0.381 e. The molecule has 0 bridgehead atoms. The smallest absolute Gasteiger partial charge is 0.226 e. The summed E-state index contributed by atoms with van der Waals surface area (Å²) in [6, 6.07) is -0.0495. The van der Waals surface area contributed by atoms with E-state index in [4.69, 9.17) is 4.74 Å². The van der Waals surface area contributed by atoms with Gasteiger partial charge in [0.2, 0.25) is 5.91 Å². The van der Waals surface area contributed by atoms with Crippen molar-refractivity contribution < 1.29 is 9.53 Å². The Balaban J connectivity index is 1.54. The summed E-state index contributed by atoms with van der Waals surface area (Å²) in [5, 5.41) is 12.1. The summed E-state index contributed by atoms with van der Waals surface area (Å²) in [4.78, 5) is 16.9. The van der Waals surface area contributed by atoms with Crippen molar-refractivity contribution in [2.75, 3.05) is 20.3 Å². The van der Waals surface area contributed by atoms with Crippen LogP contribution in [-0.2, 0) is 15.1 Å². The van der Waals surface area contributed by atoms with Gasteiger partial charge in [0.05, 0.1) is 30.3 Å². The molecule has 1 aliphatic heterocycles. The first-order valence-electron chi connectivity index (χ1n) is 9.96. The minimum atomic E-state index is -0.0968. The Morgan fingerprint density at radius 3 is 2.85 bits per heavy atom. The third kappa shape index (κ3) is 3.54. The molecule has 7 nitrogen and oxygen atoms in total. The Labute approximate surface area is 154 Å². The van der Waals surface area contributed by atoms with Gasteiger partial charge in [0.1, 0.15) is 5.69 Å². The van der Waals surface area contributed by atoms with Crippen molar-refractivity contribution in [2.24, 2.45) is 16.8 Å². The van der Waals surface area contributed by atoms with Crippen LogP contribution in [0.2, 0.25) is 0 Å². The number of aromatic nitrogens is 3. The van der Waals surface area contributed by atoms with Gasteiger partial charge in [0.15, 0.2) is 0 Å². The average molecular weight is 359 g/mol. The summed E-state index contributed by atoms with van der Waals surface area (Å²) in [6.07, 6.45) is 12.9. The van der Waals surface area contributed by atoms with Crippen molar-refractivity contribution in [3.8, 4) is 0 Å². The lowest BCUT2D eigenvalue weighted by atomic mass is 9.82. The van der Waals surface area contributed by atoms with Gasteiger partial charge in [0, 0.05) is 19.9 Å². The first kappa shape index (κ1) is 17.6. The lowest BCUT2D eigenvalue weighted by Crippen LogP contribution is -2.38. The third-order valence-electron chi connectivity index (χ3n) is 6.14. The first-order chi connectivity index (χ1) is 12.7. The zero-order valence-electron chi connectivity index (χ0n) is 15.6. The van der Waals surface area contributed by atoms with E-state index in [2.05, 4.69) is 20.6 Å². The van der Waals surface area contributed by atoms with Crippen LogP contribution in [0, 0.1) is 11.8 Å². The Bertz CT molecular complexity index is 655. The molecule has 7 heteroatoms. The maximum Gasteiger partial charge on any atom is 0.226 e. The highest BCUT2D eigenvalue weighted by atomic mass is 16.5. The predicted molar refractivity (Wildman–Crippen MR) is 98.0 cm³/mol. The Hall–Kier alpha value is -1.76. The largest absolute Gasteiger partial charge is 0.381 e. The zero-order valence-corrected chi connectivity index (χ0v) is 15.6. The standard InChI is InChI=1S/C19H29N5O2/c1-20-13-19(8-9-19)24-11-16(22-23-24)17(14-5-3-2-4-6-14)21-18(25)15-7-10-26-12-15/h11,13-15,17H,2-10,12H2,1H3,(H,21,25). The van der Waals surface area contributed by atoms with Crippen LogP contribution in [0.25, 0.3) is 0 Å². The third-order valence-corrected chi connectivity index (χ3v) is 6.14. The van der Waals surface area contributed by atoms with Gasteiger partial charge in [-0.25, -0.2) is 4.68 Å². The van der Waals surface area contributed by atoms with E-state index in [1.807, 2.05) is 17.1 Å². The number of aliphatic imine (C=N–C) groups is 1. The van der Waals surface area contributed by atoms with Crippen LogP contribution in [-0.4, -0.2) is 47.4 Å². The Morgan fingerprint density at radius 1 is 1.38 bits per heavy atom. The zero-order chi connectivity index (χ0) is 18.0. The first-order valence-corrected chi connectivity index (χ1v) is 9.96. The number of ether oxygens (including phenoxy) is 1. The molecule has 26 heavy (non-hydrogen) atoms. The fourth-order valence-electron chi connectivity index (χ4n) is 4.34. The lowest BCUT2D eigenvalue weighted by molar-refractivity contribution is -0.126. The lowest BCUT2D eigenvalue weighted by Gasteiger charge is -2.30. The van der Waals surface area contributed by atoms with Crippen molar-refractivity contribution in [1.29, 1.82) is 0 Å². The topological polar surface area (TPSA) is 81.4 Å². The van der Waals surface area contributed by atoms with Crippen LogP contribution in [0.1, 0.15) is 63.1 Å². The Morgan fingerprint density at radius 2 is 2.19 bits per heavy atom. The number of amides is 1. The summed E-state index contributed by atoms with van der Waals surface area (Å²) in [5.41, 5.74) is 0.792. The van der Waals surface area contributed by atoms with Crippen LogP contribution >= 0.6 is 0 Å². The predicted octanol–water partition coefficient (Wildman–Crippen LogP) is 2.24. The van der Waals surface area contributed by atoms with Gasteiger partial charge in [-0.2, -0.15) is 0 Å². The van der Waals surface area contributed by atoms with Gasteiger partial charge < -0.3 is 10.1 Å². The average Bonchev–Trinajstić information content (AvgIpc) is 3.08. The number of carbonyl (C=O) groups is 1. The highest BCUT2D eigenvalue weighted by Crippen LogP contribution is 2.42. The molecule has 1 N–H and O–H groups in total. The summed E-state index contributed by atoms with van der Waals surface area (Å²) in [7, 11) is 1.80. The number of carbonyl (C=O) groups excluding carboxylic acids is 1.